The van der Waals surface area contributed by atoms with E-state index in [9.17, 15) is 18.0 Å². The fraction of sp³-hybridized carbons (Fsp3) is 0.500. The van der Waals surface area contributed by atoms with E-state index in [1.807, 2.05) is 0 Å². The quantitative estimate of drug-likeness (QED) is 0.744. The highest BCUT2D eigenvalue weighted by atomic mass is 32.1. The van der Waals surface area contributed by atoms with Crippen LogP contribution in [0.4, 0.5) is 13.2 Å². The van der Waals surface area contributed by atoms with Crippen LogP contribution in [0, 0.1) is 0 Å². The second-order valence-electron chi connectivity index (χ2n) is 2.81. The summed E-state index contributed by atoms with van der Waals surface area (Å²) in [5.41, 5.74) is 0. The van der Waals surface area contributed by atoms with Gasteiger partial charge in [0.2, 0.25) is 0 Å². The van der Waals surface area contributed by atoms with Crippen LogP contribution in [0.2, 0.25) is 0 Å². The normalized spacial score (nSPS) is 13.7. The Morgan fingerprint density at radius 3 is 2.60 bits per heavy atom. The third-order valence-corrected chi connectivity index (χ3v) is 2.97. The van der Waals surface area contributed by atoms with E-state index in [0.717, 1.165) is 6.20 Å². The van der Waals surface area contributed by atoms with E-state index < -0.39 is 23.1 Å². The van der Waals surface area contributed by atoms with Crippen molar-refractivity contribution in [3.05, 3.63) is 16.1 Å². The minimum atomic E-state index is -4.46. The van der Waals surface area contributed by atoms with Gasteiger partial charge in [-0.1, -0.05) is 0 Å². The number of thiazole rings is 1. The van der Waals surface area contributed by atoms with Crippen molar-refractivity contribution in [1.82, 2.24) is 4.98 Å². The Kier molecular flexibility index (Phi) is 3.33. The molecule has 1 aromatic heterocycles. The lowest BCUT2D eigenvalue weighted by atomic mass is 10.1. The molecule has 84 valence electrons. The molecule has 0 spiro atoms. The van der Waals surface area contributed by atoms with Crippen LogP contribution < -0.4 is 0 Å². The third-order valence-electron chi connectivity index (χ3n) is 1.75. The highest BCUT2D eigenvalue weighted by Gasteiger charge is 2.35. The van der Waals surface area contributed by atoms with Crippen LogP contribution in [0.5, 0.6) is 0 Å². The molecule has 15 heavy (non-hydrogen) atoms. The molecule has 0 N–H and O–H groups in total. The van der Waals surface area contributed by atoms with Crippen molar-refractivity contribution in [1.29, 1.82) is 0 Å². The fourth-order valence-corrected chi connectivity index (χ4v) is 1.73. The van der Waals surface area contributed by atoms with Gasteiger partial charge in [-0.25, -0.2) is 4.98 Å². The van der Waals surface area contributed by atoms with Gasteiger partial charge in [-0.3, -0.25) is 4.79 Å². The Morgan fingerprint density at radius 2 is 2.20 bits per heavy atom. The molecule has 3 nitrogen and oxygen atoms in total. The number of hydrogen-bond donors (Lipinski definition) is 0. The number of methoxy groups -OCH3 is 1. The monoisotopic (exact) mass is 239 g/mol. The molecule has 0 aliphatic rings. The van der Waals surface area contributed by atoms with Crippen LogP contribution >= 0.6 is 11.3 Å². The summed E-state index contributed by atoms with van der Waals surface area (Å²) >= 11 is 0.455. The van der Waals surface area contributed by atoms with Gasteiger partial charge in [-0.15, -0.1) is 11.3 Å². The molecule has 0 radical (unpaired) electrons. The van der Waals surface area contributed by atoms with Crippen molar-refractivity contribution < 1.29 is 22.7 Å². The van der Waals surface area contributed by atoms with Crippen LogP contribution in [0.25, 0.3) is 0 Å². The molecular weight excluding hydrogens is 231 g/mol. The maximum atomic E-state index is 12.2. The summed E-state index contributed by atoms with van der Waals surface area (Å²) < 4.78 is 41.0. The molecule has 0 aromatic carbocycles. The number of rotatable bonds is 2. The summed E-state index contributed by atoms with van der Waals surface area (Å²) in [6, 6.07) is 0. The van der Waals surface area contributed by atoms with Gasteiger partial charge in [0.1, 0.15) is 0 Å². The van der Waals surface area contributed by atoms with Gasteiger partial charge in [0.25, 0.3) is 0 Å². The average molecular weight is 239 g/mol. The molecular formula is C8H8F3NO2S. The van der Waals surface area contributed by atoms with Crippen LogP contribution in [-0.4, -0.2) is 18.1 Å². The van der Waals surface area contributed by atoms with E-state index in [1.165, 1.54) is 14.0 Å². The van der Waals surface area contributed by atoms with Gasteiger partial charge >= 0.3 is 12.1 Å². The number of nitrogens with zero attached hydrogens (tertiary/aromatic N) is 1. The highest BCUT2D eigenvalue weighted by molar-refractivity contribution is 7.11. The zero-order valence-electron chi connectivity index (χ0n) is 7.96. The van der Waals surface area contributed by atoms with Crippen LogP contribution in [-0.2, 0) is 15.7 Å². The molecule has 1 aromatic rings. The maximum absolute atomic E-state index is 12.2. The molecule has 0 amide bonds. The number of alkyl halides is 3. The Balaban J connectivity index is 2.89. The number of carbonyl (C=O) groups excluding carboxylic acids is 1. The van der Waals surface area contributed by atoms with Crippen molar-refractivity contribution in [3.8, 4) is 0 Å². The lowest BCUT2D eigenvalue weighted by Gasteiger charge is -2.05. The molecule has 0 aliphatic heterocycles. The zero-order valence-corrected chi connectivity index (χ0v) is 8.78. The van der Waals surface area contributed by atoms with Crippen LogP contribution in [0.3, 0.4) is 0 Å². The van der Waals surface area contributed by atoms with Gasteiger partial charge < -0.3 is 4.74 Å². The Labute approximate surface area is 87.9 Å². The zero-order chi connectivity index (χ0) is 11.6. The summed E-state index contributed by atoms with van der Waals surface area (Å²) in [5.74, 6) is -1.30. The first kappa shape index (κ1) is 12.0. The van der Waals surface area contributed by atoms with Gasteiger partial charge in [0.05, 0.1) is 13.0 Å². The second kappa shape index (κ2) is 4.18. The number of ether oxygens (including phenoxy) is 1. The number of esters is 1. The number of halogens is 3. The molecule has 0 bridgehead atoms. The molecule has 1 atom stereocenters. The van der Waals surface area contributed by atoms with E-state index in [2.05, 4.69) is 9.72 Å². The maximum Gasteiger partial charge on any atom is 0.443 e. The summed E-state index contributed by atoms with van der Waals surface area (Å²) in [6.07, 6.45) is -3.41. The van der Waals surface area contributed by atoms with Gasteiger partial charge in [-0.05, 0) is 6.92 Å². The predicted molar refractivity (Wildman–Crippen MR) is 47.5 cm³/mol. The second-order valence-corrected chi connectivity index (χ2v) is 3.87. The molecule has 0 fully saturated rings. The van der Waals surface area contributed by atoms with Gasteiger partial charge in [0, 0.05) is 11.1 Å². The van der Waals surface area contributed by atoms with Gasteiger partial charge in [-0.2, -0.15) is 13.2 Å². The molecule has 1 unspecified atom stereocenters. The lowest BCUT2D eigenvalue weighted by Crippen LogP contribution is -2.09. The first-order chi connectivity index (χ1) is 6.86. The van der Waals surface area contributed by atoms with Crippen molar-refractivity contribution in [2.45, 2.75) is 19.0 Å². The predicted octanol–water partition coefficient (Wildman–Crippen LogP) is 2.44. The van der Waals surface area contributed by atoms with E-state index in [-0.39, 0.29) is 4.88 Å². The summed E-state index contributed by atoms with van der Waals surface area (Å²) in [4.78, 5) is 14.5. The molecule has 1 heterocycles. The van der Waals surface area contributed by atoms with E-state index in [1.54, 1.807) is 0 Å². The standard InChI is InChI=1S/C8H8F3NO2S/c1-4(6(13)14-2)5-3-12-7(15-5)8(9,10)11/h3-4H,1-2H3. The summed E-state index contributed by atoms with van der Waals surface area (Å²) in [6.45, 7) is 1.47. The van der Waals surface area contributed by atoms with Crippen molar-refractivity contribution in [2.24, 2.45) is 0 Å². The van der Waals surface area contributed by atoms with E-state index in [4.69, 9.17) is 0 Å². The van der Waals surface area contributed by atoms with Crippen molar-refractivity contribution in [3.63, 3.8) is 0 Å². The SMILES string of the molecule is COC(=O)C(C)c1cnc(C(F)(F)F)s1. The molecule has 0 saturated heterocycles. The van der Waals surface area contributed by atoms with E-state index >= 15 is 0 Å². The van der Waals surface area contributed by atoms with Crippen molar-refractivity contribution in [2.75, 3.05) is 7.11 Å². The number of hydrogen-bond acceptors (Lipinski definition) is 4. The highest BCUT2D eigenvalue weighted by Crippen LogP contribution is 2.34. The smallest absolute Gasteiger partial charge is 0.443 e. The van der Waals surface area contributed by atoms with Crippen LogP contribution in [0.15, 0.2) is 6.20 Å². The minimum Gasteiger partial charge on any atom is -0.469 e. The summed E-state index contributed by atoms with van der Waals surface area (Å²) in [5, 5.41) is -0.951. The van der Waals surface area contributed by atoms with Gasteiger partial charge in [0.15, 0.2) is 5.01 Å². The molecule has 0 saturated carbocycles. The van der Waals surface area contributed by atoms with Crippen LogP contribution in [0.1, 0.15) is 22.7 Å². The Morgan fingerprint density at radius 1 is 1.60 bits per heavy atom. The lowest BCUT2D eigenvalue weighted by molar-refractivity contribution is -0.142. The Hall–Kier alpha value is -1.11. The van der Waals surface area contributed by atoms with E-state index in [0.29, 0.717) is 11.3 Å². The number of carbonyl (C=O) groups is 1. The molecule has 1 rings (SSSR count). The average Bonchev–Trinajstić information content (AvgIpc) is 2.63. The largest absolute Gasteiger partial charge is 0.469 e. The summed E-state index contributed by atoms with van der Waals surface area (Å²) in [7, 11) is 1.19. The Bertz CT molecular complexity index is 361. The van der Waals surface area contributed by atoms with Crippen molar-refractivity contribution >= 4 is 17.3 Å². The number of aromatic nitrogens is 1. The third kappa shape index (κ3) is 2.68. The fourth-order valence-electron chi connectivity index (χ4n) is 0.911. The minimum absolute atomic E-state index is 0.245. The topological polar surface area (TPSA) is 39.2 Å². The molecule has 7 heteroatoms. The first-order valence-corrected chi connectivity index (χ1v) is 4.78. The first-order valence-electron chi connectivity index (χ1n) is 3.97. The molecule has 0 aliphatic carbocycles.